The fourth-order valence-electron chi connectivity index (χ4n) is 2.83. The third kappa shape index (κ3) is 5.83. The van der Waals surface area contributed by atoms with E-state index >= 15 is 0 Å². The third-order valence-corrected chi connectivity index (χ3v) is 6.04. The normalized spacial score (nSPS) is 11.7. The van der Waals surface area contributed by atoms with Gasteiger partial charge in [0.05, 0.1) is 21.3 Å². The van der Waals surface area contributed by atoms with Crippen molar-refractivity contribution in [3.8, 4) is 0 Å². The van der Waals surface area contributed by atoms with E-state index in [1.165, 1.54) is 4.31 Å². The molecule has 3 aromatic rings. The molecule has 156 valence electrons. The van der Waals surface area contributed by atoms with E-state index in [1.807, 2.05) is 36.4 Å². The lowest BCUT2D eigenvalue weighted by atomic mass is 10.1. The van der Waals surface area contributed by atoms with Gasteiger partial charge in [0.15, 0.2) is 0 Å². The van der Waals surface area contributed by atoms with Crippen molar-refractivity contribution in [1.29, 1.82) is 0 Å². The second-order valence-corrected chi connectivity index (χ2v) is 8.09. The van der Waals surface area contributed by atoms with E-state index in [-0.39, 0.29) is 13.2 Å². The second-order valence-electron chi connectivity index (χ2n) is 6.40. The molecule has 0 fully saturated rings. The Morgan fingerprint density at radius 2 is 1.67 bits per heavy atom. The summed E-state index contributed by atoms with van der Waals surface area (Å²) in [5.41, 5.74) is 2.52. The van der Waals surface area contributed by atoms with Gasteiger partial charge in [0.25, 0.3) is 11.3 Å². The molecule has 0 heterocycles. The minimum absolute atomic E-state index is 0.175. The van der Waals surface area contributed by atoms with Gasteiger partial charge in [-0.05, 0) is 47.9 Å². The van der Waals surface area contributed by atoms with Crippen molar-refractivity contribution in [2.75, 3.05) is 10.8 Å². The summed E-state index contributed by atoms with van der Waals surface area (Å²) in [5, 5.41) is 0.864. The number of ether oxygens (including phenoxy) is 1. The van der Waals surface area contributed by atoms with Crippen LogP contribution in [0.25, 0.3) is 0 Å². The molecule has 0 aliphatic rings. The Morgan fingerprint density at radius 3 is 2.33 bits per heavy atom. The van der Waals surface area contributed by atoms with Crippen molar-refractivity contribution in [2.24, 2.45) is 0 Å². The van der Waals surface area contributed by atoms with E-state index in [1.54, 1.807) is 36.4 Å². The van der Waals surface area contributed by atoms with Gasteiger partial charge in [-0.1, -0.05) is 65.7 Å². The van der Waals surface area contributed by atoms with Crippen molar-refractivity contribution in [2.45, 2.75) is 13.0 Å². The number of nitrogens with zero attached hydrogens (tertiary/aromatic N) is 1. The molecule has 0 saturated heterocycles. The summed E-state index contributed by atoms with van der Waals surface area (Å²) in [7, 11) is 0. The molecule has 8 heteroatoms. The molecule has 0 spiro atoms. The zero-order valence-corrected chi connectivity index (χ0v) is 18.2. The summed E-state index contributed by atoms with van der Waals surface area (Å²) in [6.07, 6.45) is 0.423. The van der Waals surface area contributed by atoms with Crippen LogP contribution in [0.2, 0.25) is 10.0 Å². The zero-order valence-electron chi connectivity index (χ0n) is 15.8. The lowest BCUT2D eigenvalue weighted by molar-refractivity contribution is 0.0472. The molecule has 0 saturated carbocycles. The third-order valence-electron chi connectivity index (χ3n) is 4.41. The van der Waals surface area contributed by atoms with Crippen LogP contribution >= 0.6 is 23.2 Å². The van der Waals surface area contributed by atoms with Crippen LogP contribution < -0.4 is 4.31 Å². The van der Waals surface area contributed by atoms with Crippen LogP contribution in [0.15, 0.2) is 72.8 Å². The maximum Gasteiger partial charge on any atom is 0.338 e. The van der Waals surface area contributed by atoms with Gasteiger partial charge in [0.1, 0.15) is 6.61 Å². The van der Waals surface area contributed by atoms with E-state index in [0.717, 1.165) is 11.1 Å². The molecule has 0 bridgehead atoms. The Balaban J connectivity index is 1.65. The molecule has 5 nitrogen and oxygen atoms in total. The largest absolute Gasteiger partial charge is 0.457 e. The van der Waals surface area contributed by atoms with E-state index in [4.69, 9.17) is 27.9 Å². The Hall–Kier alpha value is -2.38. The first-order valence-corrected chi connectivity index (χ1v) is 10.9. The standard InChI is InChI=1S/C22H19Cl2NO4S/c23-20-8-4-7-17(21(20)24)13-14-25(30(27)28)19-11-9-18(10-12-19)22(26)29-15-16-5-2-1-3-6-16/h1-12H,13-15H2,(H,27,28). The molecular weight excluding hydrogens is 445 g/mol. The van der Waals surface area contributed by atoms with E-state index < -0.39 is 17.2 Å². The predicted octanol–water partition coefficient (Wildman–Crippen LogP) is 5.54. The lowest BCUT2D eigenvalue weighted by Gasteiger charge is -2.20. The summed E-state index contributed by atoms with van der Waals surface area (Å²) < 4.78 is 28.1. The smallest absolute Gasteiger partial charge is 0.338 e. The van der Waals surface area contributed by atoms with E-state index in [9.17, 15) is 13.6 Å². The van der Waals surface area contributed by atoms with Crippen LogP contribution in [0.1, 0.15) is 21.5 Å². The minimum Gasteiger partial charge on any atom is -0.457 e. The van der Waals surface area contributed by atoms with Gasteiger partial charge < -0.3 is 4.74 Å². The van der Waals surface area contributed by atoms with Crippen molar-refractivity contribution < 1.29 is 18.3 Å². The number of benzene rings is 3. The molecule has 0 aliphatic heterocycles. The quantitative estimate of drug-likeness (QED) is 0.351. The minimum atomic E-state index is -2.24. The first kappa shape index (κ1) is 22.3. The van der Waals surface area contributed by atoms with Gasteiger partial charge in [-0.25, -0.2) is 9.00 Å². The van der Waals surface area contributed by atoms with Gasteiger partial charge in [0, 0.05) is 6.54 Å². The summed E-state index contributed by atoms with van der Waals surface area (Å²) >= 11 is 9.97. The fourth-order valence-corrected chi connectivity index (χ4v) is 3.80. The van der Waals surface area contributed by atoms with Gasteiger partial charge >= 0.3 is 5.97 Å². The number of esters is 1. The molecule has 3 aromatic carbocycles. The number of carbonyl (C=O) groups excluding carboxylic acids is 1. The van der Waals surface area contributed by atoms with E-state index in [0.29, 0.717) is 27.7 Å². The van der Waals surface area contributed by atoms with Crippen molar-refractivity contribution >= 4 is 46.1 Å². The van der Waals surface area contributed by atoms with Crippen LogP contribution in [-0.4, -0.2) is 21.3 Å². The van der Waals surface area contributed by atoms with Crippen LogP contribution in [0.3, 0.4) is 0 Å². The van der Waals surface area contributed by atoms with Gasteiger partial charge in [-0.3, -0.25) is 8.86 Å². The zero-order chi connectivity index (χ0) is 21.5. The number of hydrogen-bond acceptors (Lipinski definition) is 3. The second kappa shape index (κ2) is 10.6. The number of anilines is 1. The number of halogens is 2. The molecule has 1 N–H and O–H groups in total. The summed E-state index contributed by atoms with van der Waals surface area (Å²) in [6.45, 7) is 0.412. The van der Waals surface area contributed by atoms with Crippen LogP contribution in [0.4, 0.5) is 5.69 Å². The maximum absolute atomic E-state index is 12.2. The fraction of sp³-hybridized carbons (Fsp3) is 0.136. The topological polar surface area (TPSA) is 66.8 Å². The first-order chi connectivity index (χ1) is 14.5. The Kier molecular flexibility index (Phi) is 7.87. The molecule has 0 aromatic heterocycles. The number of carbonyl (C=O) groups is 1. The van der Waals surface area contributed by atoms with Crippen LogP contribution in [0.5, 0.6) is 0 Å². The summed E-state index contributed by atoms with van der Waals surface area (Å²) in [4.78, 5) is 12.2. The average molecular weight is 464 g/mol. The molecule has 0 radical (unpaired) electrons. The summed E-state index contributed by atoms with van der Waals surface area (Å²) in [5.74, 6) is -0.465. The summed E-state index contributed by atoms with van der Waals surface area (Å²) in [6, 6.07) is 21.0. The van der Waals surface area contributed by atoms with E-state index in [2.05, 4.69) is 0 Å². The molecule has 1 atom stereocenters. The number of rotatable bonds is 8. The highest BCUT2D eigenvalue weighted by Crippen LogP contribution is 2.27. The molecular formula is C22H19Cl2NO4S. The Morgan fingerprint density at radius 1 is 0.967 bits per heavy atom. The van der Waals surface area contributed by atoms with Gasteiger partial charge in [-0.2, -0.15) is 0 Å². The highest BCUT2D eigenvalue weighted by molar-refractivity contribution is 7.80. The molecule has 30 heavy (non-hydrogen) atoms. The molecule has 0 amide bonds. The van der Waals surface area contributed by atoms with Crippen LogP contribution in [-0.2, 0) is 29.0 Å². The van der Waals surface area contributed by atoms with Crippen molar-refractivity contribution in [3.05, 3.63) is 99.5 Å². The Labute approximate surface area is 187 Å². The molecule has 1 unspecified atom stereocenters. The van der Waals surface area contributed by atoms with Crippen molar-refractivity contribution in [3.63, 3.8) is 0 Å². The maximum atomic E-state index is 12.2. The van der Waals surface area contributed by atoms with Crippen molar-refractivity contribution in [1.82, 2.24) is 0 Å². The first-order valence-electron chi connectivity index (χ1n) is 9.08. The highest BCUT2D eigenvalue weighted by Gasteiger charge is 2.15. The van der Waals surface area contributed by atoms with Gasteiger partial charge in [-0.15, -0.1) is 0 Å². The monoisotopic (exact) mass is 463 g/mol. The lowest BCUT2D eigenvalue weighted by Crippen LogP contribution is -2.27. The number of hydrogen-bond donors (Lipinski definition) is 1. The van der Waals surface area contributed by atoms with Gasteiger partial charge in [0.2, 0.25) is 0 Å². The molecule has 0 aliphatic carbocycles. The van der Waals surface area contributed by atoms with Crippen LogP contribution in [0, 0.1) is 0 Å². The highest BCUT2D eigenvalue weighted by atomic mass is 35.5. The predicted molar refractivity (Wildman–Crippen MR) is 120 cm³/mol. The average Bonchev–Trinajstić information content (AvgIpc) is 2.76. The SMILES string of the molecule is O=C(OCc1ccccc1)c1ccc(N(CCc2cccc(Cl)c2Cl)S(=O)O)cc1. The Bertz CT molecular complexity index is 1030. The molecule has 3 rings (SSSR count).